The highest BCUT2D eigenvalue weighted by molar-refractivity contribution is 4.93. The fourth-order valence-electron chi connectivity index (χ4n) is 3.15. The molecule has 2 fully saturated rings. The number of rotatable bonds is 7. The van der Waals surface area contributed by atoms with Gasteiger partial charge in [-0.1, -0.05) is 0 Å². The third-order valence-corrected chi connectivity index (χ3v) is 4.86. The molecule has 0 radical (unpaired) electrons. The molecule has 2 saturated heterocycles. The van der Waals surface area contributed by atoms with Gasteiger partial charge in [0.2, 0.25) is 0 Å². The van der Waals surface area contributed by atoms with Crippen LogP contribution in [0.3, 0.4) is 0 Å². The molecule has 0 saturated carbocycles. The first kappa shape index (κ1) is 22.8. The Hall–Kier alpha value is -0.440. The number of aliphatic hydroxyl groups excluding tert-OH is 6. The molecule has 0 unspecified atom stereocenters. The summed E-state index contributed by atoms with van der Waals surface area (Å²) in [7, 11) is 1.32. The molecule has 0 aromatic heterocycles. The molecular weight excluding hydrogens is 368 g/mol. The van der Waals surface area contributed by atoms with E-state index in [1.165, 1.54) is 14.0 Å². The van der Waals surface area contributed by atoms with Gasteiger partial charge in [0, 0.05) is 7.11 Å². The fourth-order valence-corrected chi connectivity index (χ4v) is 3.15. The maximum Gasteiger partial charge on any atom is 0.187 e. The maximum atomic E-state index is 10.5. The number of methoxy groups -OCH3 is 1. The van der Waals surface area contributed by atoms with Crippen molar-refractivity contribution < 1.29 is 54.3 Å². The second kappa shape index (κ2) is 9.85. The van der Waals surface area contributed by atoms with Gasteiger partial charge in [0.1, 0.15) is 42.7 Å². The molecule has 2 heterocycles. The predicted octanol–water partition coefficient (Wildman–Crippen LogP) is -3.31. The summed E-state index contributed by atoms with van der Waals surface area (Å²) < 4.78 is 26.9. The molecule has 6 N–H and O–H groups in total. The zero-order valence-corrected chi connectivity index (χ0v) is 15.5. The molecule has 27 heavy (non-hydrogen) atoms. The first-order chi connectivity index (χ1) is 12.7. The highest BCUT2D eigenvalue weighted by atomic mass is 16.7. The normalized spacial score (nSPS) is 46.0. The van der Waals surface area contributed by atoms with Crippen LogP contribution in [0.25, 0.3) is 0 Å². The second-order valence-corrected chi connectivity index (χ2v) is 6.81. The van der Waals surface area contributed by atoms with Crippen LogP contribution in [0.5, 0.6) is 0 Å². The van der Waals surface area contributed by atoms with Crippen molar-refractivity contribution in [1.82, 2.24) is 0 Å². The number of hydrogen-bond donors (Lipinski definition) is 6. The quantitative estimate of drug-likeness (QED) is 0.254. The summed E-state index contributed by atoms with van der Waals surface area (Å²) in [6.07, 6.45) is -12.6. The summed E-state index contributed by atoms with van der Waals surface area (Å²) in [6.45, 7) is 2.10. The molecule has 0 aliphatic carbocycles. The average molecular weight is 398 g/mol. The van der Waals surface area contributed by atoms with Gasteiger partial charge in [0.05, 0.1) is 25.4 Å². The first-order valence-electron chi connectivity index (χ1n) is 8.83. The van der Waals surface area contributed by atoms with E-state index in [2.05, 4.69) is 0 Å². The van der Waals surface area contributed by atoms with Crippen LogP contribution in [0.4, 0.5) is 0 Å². The van der Waals surface area contributed by atoms with Gasteiger partial charge < -0.3 is 54.3 Å². The minimum Gasteiger partial charge on any atom is -0.394 e. The van der Waals surface area contributed by atoms with Crippen LogP contribution in [0.1, 0.15) is 13.8 Å². The summed E-state index contributed by atoms with van der Waals surface area (Å²) >= 11 is 0. The summed E-state index contributed by atoms with van der Waals surface area (Å²) in [5, 5.41) is 59.5. The lowest BCUT2D eigenvalue weighted by molar-refractivity contribution is -0.360. The number of aliphatic hydroxyl groups is 6. The maximum absolute atomic E-state index is 10.5. The van der Waals surface area contributed by atoms with E-state index in [9.17, 15) is 20.4 Å². The third kappa shape index (κ3) is 4.95. The Bertz CT molecular complexity index is 448. The molecule has 0 aromatic carbocycles. The van der Waals surface area contributed by atoms with Gasteiger partial charge in [-0.2, -0.15) is 0 Å². The van der Waals surface area contributed by atoms with Crippen molar-refractivity contribution >= 4 is 0 Å². The van der Waals surface area contributed by atoms with E-state index in [0.29, 0.717) is 0 Å². The SMILES string of the molecule is CO[C@@H]1[C@H](O)[C@@H](O[C@H]2[C@H](O)[C@H](OC(CO)CO)O[C@@H](C)[C@H]2O)O[C@H](C)[C@H]1O. The molecule has 0 amide bonds. The lowest BCUT2D eigenvalue weighted by Gasteiger charge is -2.46. The Kier molecular flexibility index (Phi) is 8.34. The standard InChI is InChI=1S/C16H30O11/c1-6-9(19)13(23-3)11(21)16(25-6)27-14-10(20)7(2)24-15(12(14)22)26-8(4-17)5-18/h6-22H,4-5H2,1-3H3/t6-,7+,9-,10-,11+,12+,13+,14-,15+,16-/m1/s1. The van der Waals surface area contributed by atoms with Crippen LogP contribution in [-0.2, 0) is 23.7 Å². The van der Waals surface area contributed by atoms with E-state index in [1.807, 2.05) is 0 Å². The largest absolute Gasteiger partial charge is 0.394 e. The third-order valence-electron chi connectivity index (χ3n) is 4.86. The van der Waals surface area contributed by atoms with E-state index < -0.39 is 80.7 Å². The highest BCUT2D eigenvalue weighted by Crippen LogP contribution is 2.30. The van der Waals surface area contributed by atoms with Gasteiger partial charge >= 0.3 is 0 Å². The van der Waals surface area contributed by atoms with Crippen molar-refractivity contribution in [3.63, 3.8) is 0 Å². The van der Waals surface area contributed by atoms with Crippen molar-refractivity contribution in [2.45, 2.75) is 81.4 Å². The Balaban J connectivity index is 2.12. The lowest BCUT2D eigenvalue weighted by Crippen LogP contribution is -2.64. The first-order valence-corrected chi connectivity index (χ1v) is 8.83. The van der Waals surface area contributed by atoms with E-state index in [1.54, 1.807) is 6.92 Å². The highest BCUT2D eigenvalue weighted by Gasteiger charge is 2.50. The zero-order chi connectivity index (χ0) is 20.3. The van der Waals surface area contributed by atoms with E-state index >= 15 is 0 Å². The molecule has 11 nitrogen and oxygen atoms in total. The van der Waals surface area contributed by atoms with Gasteiger partial charge in [-0.3, -0.25) is 0 Å². The minimum atomic E-state index is -1.50. The van der Waals surface area contributed by atoms with Crippen LogP contribution < -0.4 is 0 Å². The number of ether oxygens (including phenoxy) is 5. The molecule has 160 valence electrons. The van der Waals surface area contributed by atoms with Gasteiger partial charge in [0.15, 0.2) is 12.6 Å². The Morgan fingerprint density at radius 3 is 1.78 bits per heavy atom. The van der Waals surface area contributed by atoms with Crippen LogP contribution in [-0.4, -0.2) is 118 Å². The van der Waals surface area contributed by atoms with Crippen molar-refractivity contribution in [1.29, 1.82) is 0 Å². The van der Waals surface area contributed by atoms with Gasteiger partial charge in [-0.15, -0.1) is 0 Å². The molecule has 2 aliphatic rings. The monoisotopic (exact) mass is 398 g/mol. The molecule has 2 aliphatic heterocycles. The van der Waals surface area contributed by atoms with Gasteiger partial charge in [-0.05, 0) is 13.8 Å². The van der Waals surface area contributed by atoms with Crippen LogP contribution >= 0.6 is 0 Å². The topological polar surface area (TPSA) is 168 Å². The van der Waals surface area contributed by atoms with Crippen LogP contribution in [0.2, 0.25) is 0 Å². The van der Waals surface area contributed by atoms with Crippen molar-refractivity contribution in [2.75, 3.05) is 20.3 Å². The molecule has 10 atom stereocenters. The molecule has 0 aromatic rings. The molecule has 11 heteroatoms. The van der Waals surface area contributed by atoms with Crippen LogP contribution in [0, 0.1) is 0 Å². The van der Waals surface area contributed by atoms with E-state index in [-0.39, 0.29) is 0 Å². The number of hydrogen-bond acceptors (Lipinski definition) is 11. The minimum absolute atomic E-state index is 0.499. The lowest BCUT2D eigenvalue weighted by atomic mass is 9.97. The molecule has 0 bridgehead atoms. The Morgan fingerprint density at radius 2 is 1.26 bits per heavy atom. The van der Waals surface area contributed by atoms with Crippen molar-refractivity contribution in [3.05, 3.63) is 0 Å². The van der Waals surface area contributed by atoms with Gasteiger partial charge in [0.25, 0.3) is 0 Å². The van der Waals surface area contributed by atoms with Crippen molar-refractivity contribution in [3.8, 4) is 0 Å². The predicted molar refractivity (Wildman–Crippen MR) is 87.4 cm³/mol. The molecular formula is C16H30O11. The second-order valence-electron chi connectivity index (χ2n) is 6.81. The molecule has 0 spiro atoms. The van der Waals surface area contributed by atoms with E-state index in [0.717, 1.165) is 0 Å². The Labute approximate surface area is 157 Å². The Morgan fingerprint density at radius 1 is 0.778 bits per heavy atom. The van der Waals surface area contributed by atoms with Crippen LogP contribution in [0.15, 0.2) is 0 Å². The van der Waals surface area contributed by atoms with Gasteiger partial charge in [-0.25, -0.2) is 0 Å². The molecule has 2 rings (SSSR count). The fraction of sp³-hybridized carbons (Fsp3) is 1.00. The van der Waals surface area contributed by atoms with E-state index in [4.69, 9.17) is 33.9 Å². The summed E-state index contributed by atoms with van der Waals surface area (Å²) in [5.74, 6) is 0. The summed E-state index contributed by atoms with van der Waals surface area (Å²) in [4.78, 5) is 0. The summed E-state index contributed by atoms with van der Waals surface area (Å²) in [6, 6.07) is 0. The summed E-state index contributed by atoms with van der Waals surface area (Å²) in [5.41, 5.74) is 0. The average Bonchev–Trinajstić information content (AvgIpc) is 2.65. The van der Waals surface area contributed by atoms with Crippen molar-refractivity contribution in [2.24, 2.45) is 0 Å². The smallest absolute Gasteiger partial charge is 0.187 e. The zero-order valence-electron chi connectivity index (χ0n) is 15.5.